The maximum Gasteiger partial charge on any atom is 0.413 e. The largest absolute Gasteiger partial charge is 0.493 e. The first-order chi connectivity index (χ1) is 22.0. The lowest BCUT2D eigenvalue weighted by atomic mass is 9.88. The normalized spacial score (nSPS) is 19.2. The summed E-state index contributed by atoms with van der Waals surface area (Å²) in [5, 5.41) is 6.55. The van der Waals surface area contributed by atoms with E-state index < -0.39 is 17.1 Å². The first kappa shape index (κ1) is 30.3. The van der Waals surface area contributed by atoms with Crippen LogP contribution in [0.25, 0.3) is 22.3 Å². The lowest BCUT2D eigenvalue weighted by Gasteiger charge is -2.28. The predicted octanol–water partition coefficient (Wildman–Crippen LogP) is 5.97. The van der Waals surface area contributed by atoms with E-state index in [1.165, 1.54) is 6.33 Å². The van der Waals surface area contributed by atoms with Gasteiger partial charge in [0.15, 0.2) is 17.0 Å². The Balaban J connectivity index is 1.28. The van der Waals surface area contributed by atoms with Gasteiger partial charge in [-0.2, -0.15) is 0 Å². The van der Waals surface area contributed by atoms with E-state index in [9.17, 15) is 9.59 Å². The predicted molar refractivity (Wildman–Crippen MR) is 176 cm³/mol. The van der Waals surface area contributed by atoms with E-state index in [0.717, 1.165) is 65.9 Å². The summed E-state index contributed by atoms with van der Waals surface area (Å²) in [6, 6.07) is 10.6. The number of fused-ring (bicyclic) bond motifs is 2. The van der Waals surface area contributed by atoms with Crippen molar-refractivity contribution in [2.75, 3.05) is 29.9 Å². The molecule has 46 heavy (non-hydrogen) atoms. The van der Waals surface area contributed by atoms with Gasteiger partial charge in [0.2, 0.25) is 5.91 Å². The van der Waals surface area contributed by atoms with Gasteiger partial charge in [-0.05, 0) is 87.9 Å². The molecule has 240 valence electrons. The van der Waals surface area contributed by atoms with Gasteiger partial charge in [0.1, 0.15) is 17.7 Å². The van der Waals surface area contributed by atoms with Crippen LogP contribution in [0.3, 0.4) is 0 Å². The topological polar surface area (TPSA) is 124 Å². The number of carbonyl (C=O) groups is 2. The van der Waals surface area contributed by atoms with Crippen molar-refractivity contribution >= 4 is 46.3 Å². The van der Waals surface area contributed by atoms with E-state index in [1.54, 1.807) is 27.1 Å². The average molecular weight is 644 g/mol. The number of aromatic nitrogens is 4. The lowest BCUT2D eigenvalue weighted by molar-refractivity contribution is -0.129. The molecular weight excluding hydrogens is 606 g/mol. The minimum atomic E-state index is -0.662. The second-order valence-corrected chi connectivity index (χ2v) is 14.2. The molecule has 12 heteroatoms. The van der Waals surface area contributed by atoms with Crippen LogP contribution in [0.15, 0.2) is 43.0 Å². The monoisotopic (exact) mass is 643 g/mol. The van der Waals surface area contributed by atoms with Crippen LogP contribution in [0, 0.1) is 5.41 Å². The summed E-state index contributed by atoms with van der Waals surface area (Å²) in [4.78, 5) is 41.5. The average Bonchev–Trinajstić information content (AvgIpc) is 3.35. The standard InChI is InChI=1S/C34H38ClN7O4/c1-33(2,3)46-32(44)40-29-28-30(37-18-36-29)42(19-38-28)16-25-24(20-5-8-27-21(13-20)9-12-45-27)14-22(35)15-26(25)41-11-10-34(4,17-41)31(43)39-23-6-7-23/h5,8,13-15,18-19,23H,6-7,9-12,16-17H2,1-4H3,(H,39,43)(H,36,37,40,44)/t34-/m0/s1. The molecule has 0 unspecified atom stereocenters. The van der Waals surface area contributed by atoms with Gasteiger partial charge in [0, 0.05) is 41.8 Å². The molecule has 1 atom stereocenters. The van der Waals surface area contributed by atoms with Crippen LogP contribution in [0.5, 0.6) is 5.75 Å². The van der Waals surface area contributed by atoms with Crippen LogP contribution in [0.1, 0.15) is 58.1 Å². The fraction of sp³-hybridized carbons (Fsp3) is 0.441. The maximum absolute atomic E-state index is 13.3. The minimum Gasteiger partial charge on any atom is -0.493 e. The summed E-state index contributed by atoms with van der Waals surface area (Å²) in [7, 11) is 0. The zero-order chi connectivity index (χ0) is 32.2. The first-order valence-corrected chi connectivity index (χ1v) is 16.1. The number of nitrogens with zero attached hydrogens (tertiary/aromatic N) is 5. The maximum atomic E-state index is 13.3. The van der Waals surface area contributed by atoms with Crippen molar-refractivity contribution in [1.29, 1.82) is 0 Å². The highest BCUT2D eigenvalue weighted by molar-refractivity contribution is 6.31. The molecule has 11 nitrogen and oxygen atoms in total. The van der Waals surface area contributed by atoms with E-state index in [1.807, 2.05) is 22.8 Å². The number of anilines is 2. The van der Waals surface area contributed by atoms with Crippen LogP contribution < -0.4 is 20.3 Å². The molecule has 4 aromatic rings. The number of rotatable bonds is 7. The Labute approximate surface area is 272 Å². The lowest BCUT2D eigenvalue weighted by Crippen LogP contribution is -2.42. The highest BCUT2D eigenvalue weighted by atomic mass is 35.5. The minimum absolute atomic E-state index is 0.113. The van der Waals surface area contributed by atoms with E-state index in [-0.39, 0.29) is 11.7 Å². The van der Waals surface area contributed by atoms with Crippen molar-refractivity contribution in [3.8, 4) is 16.9 Å². The Kier molecular flexibility index (Phi) is 7.54. The quantitative estimate of drug-likeness (QED) is 0.252. The van der Waals surface area contributed by atoms with E-state index >= 15 is 0 Å². The van der Waals surface area contributed by atoms with Crippen molar-refractivity contribution < 1.29 is 19.1 Å². The van der Waals surface area contributed by atoms with Gasteiger partial charge >= 0.3 is 6.09 Å². The van der Waals surface area contributed by atoms with Gasteiger partial charge in [-0.15, -0.1) is 0 Å². The van der Waals surface area contributed by atoms with E-state index in [2.05, 4.69) is 49.5 Å². The smallest absolute Gasteiger partial charge is 0.413 e. The number of hydrogen-bond acceptors (Lipinski definition) is 8. The molecule has 2 aromatic carbocycles. The summed E-state index contributed by atoms with van der Waals surface area (Å²) in [6.07, 6.45) is 6.19. The van der Waals surface area contributed by atoms with Gasteiger partial charge in [0.05, 0.1) is 24.9 Å². The van der Waals surface area contributed by atoms with Crippen molar-refractivity contribution in [1.82, 2.24) is 24.8 Å². The number of ether oxygens (including phenoxy) is 2. The van der Waals surface area contributed by atoms with Crippen LogP contribution >= 0.6 is 11.6 Å². The molecule has 2 fully saturated rings. The van der Waals surface area contributed by atoms with Gasteiger partial charge in [0.25, 0.3) is 0 Å². The van der Waals surface area contributed by atoms with Crippen LogP contribution in [0.4, 0.5) is 16.3 Å². The summed E-state index contributed by atoms with van der Waals surface area (Å²) in [6.45, 7) is 9.83. The highest BCUT2D eigenvalue weighted by Crippen LogP contribution is 2.42. The third kappa shape index (κ3) is 6.08. The molecule has 1 saturated carbocycles. The Morgan fingerprint density at radius 2 is 1.98 bits per heavy atom. The molecule has 1 saturated heterocycles. The second kappa shape index (κ2) is 11.5. The van der Waals surface area contributed by atoms with Crippen LogP contribution in [0.2, 0.25) is 5.02 Å². The molecule has 3 aliphatic rings. The molecule has 7 rings (SSSR count). The second-order valence-electron chi connectivity index (χ2n) is 13.7. The van der Waals surface area contributed by atoms with Crippen molar-refractivity contribution in [2.45, 2.75) is 71.6 Å². The molecule has 1 aliphatic carbocycles. The number of carbonyl (C=O) groups excluding carboxylic acids is 2. The van der Waals surface area contributed by atoms with Gasteiger partial charge in [-0.1, -0.05) is 17.7 Å². The summed E-state index contributed by atoms with van der Waals surface area (Å²) in [5.74, 6) is 1.29. The number of imidazole rings is 1. The first-order valence-electron chi connectivity index (χ1n) is 15.8. The fourth-order valence-corrected chi connectivity index (χ4v) is 6.49. The van der Waals surface area contributed by atoms with Crippen molar-refractivity contribution in [2.24, 2.45) is 5.41 Å². The third-order valence-corrected chi connectivity index (χ3v) is 9.03. The van der Waals surface area contributed by atoms with E-state index in [4.69, 9.17) is 21.1 Å². The third-order valence-electron chi connectivity index (χ3n) is 8.82. The molecule has 0 spiro atoms. The fourth-order valence-electron chi connectivity index (χ4n) is 6.28. The summed E-state index contributed by atoms with van der Waals surface area (Å²) in [5.41, 5.74) is 5.00. The molecule has 0 radical (unpaired) electrons. The van der Waals surface area contributed by atoms with Crippen molar-refractivity contribution in [3.63, 3.8) is 0 Å². The Bertz CT molecular complexity index is 1850. The highest BCUT2D eigenvalue weighted by Gasteiger charge is 2.43. The molecule has 4 heterocycles. The van der Waals surface area contributed by atoms with E-state index in [0.29, 0.717) is 41.9 Å². The zero-order valence-electron chi connectivity index (χ0n) is 26.5. The number of hydrogen-bond donors (Lipinski definition) is 2. The summed E-state index contributed by atoms with van der Waals surface area (Å²) < 4.78 is 13.2. The SMILES string of the molecule is CC(C)(C)OC(=O)Nc1ncnc2c1ncn2Cc1c(-c2ccc3c(c2)CCO3)cc(Cl)cc1N1CC[C@](C)(C(=O)NC2CC2)C1. The number of amides is 2. The summed E-state index contributed by atoms with van der Waals surface area (Å²) >= 11 is 6.85. The molecule has 2 amide bonds. The number of benzene rings is 2. The van der Waals surface area contributed by atoms with Crippen molar-refractivity contribution in [3.05, 3.63) is 59.1 Å². The van der Waals surface area contributed by atoms with Gasteiger partial charge in [-0.3, -0.25) is 10.1 Å². The van der Waals surface area contributed by atoms with Gasteiger partial charge in [-0.25, -0.2) is 19.7 Å². The molecular formula is C34H38ClN7O4. The molecule has 0 bridgehead atoms. The number of nitrogens with one attached hydrogen (secondary N) is 2. The Morgan fingerprint density at radius 3 is 2.76 bits per heavy atom. The van der Waals surface area contributed by atoms with Crippen LogP contribution in [-0.4, -0.2) is 62.9 Å². The number of halogens is 1. The van der Waals surface area contributed by atoms with Crippen LogP contribution in [-0.2, 0) is 22.5 Å². The molecule has 2 N–H and O–H groups in total. The Hall–Kier alpha value is -4.38. The zero-order valence-corrected chi connectivity index (χ0v) is 27.3. The Morgan fingerprint density at radius 1 is 1.15 bits per heavy atom. The molecule has 2 aliphatic heterocycles. The van der Waals surface area contributed by atoms with Gasteiger partial charge < -0.3 is 24.3 Å². The molecule has 2 aromatic heterocycles.